The van der Waals surface area contributed by atoms with E-state index in [-0.39, 0.29) is 0 Å². The van der Waals surface area contributed by atoms with Crippen LogP contribution in [0, 0.1) is 0 Å². The molecule has 4 aromatic carbocycles. The Morgan fingerprint density at radius 1 is 0.864 bits per heavy atom. The lowest BCUT2D eigenvalue weighted by atomic mass is 9.91. The second-order valence-electron chi connectivity index (χ2n) is 5.42. The highest BCUT2D eigenvalue weighted by Crippen LogP contribution is 2.35. The Balaban J connectivity index is 1.94. The van der Waals surface area contributed by atoms with Crippen LogP contribution in [0.3, 0.4) is 0 Å². The molecule has 22 heavy (non-hydrogen) atoms. The quantitative estimate of drug-likeness (QED) is 0.369. The predicted molar refractivity (Wildman–Crippen MR) is 91.1 cm³/mol. The third kappa shape index (κ3) is 2.08. The molecule has 0 N–H and O–H groups in total. The summed E-state index contributed by atoms with van der Waals surface area (Å²) in [6, 6.07) is 19.2. The average Bonchev–Trinajstić information content (AvgIpc) is 2.53. The van der Waals surface area contributed by atoms with Gasteiger partial charge in [-0.15, -0.1) is 0 Å². The van der Waals surface area contributed by atoms with Crippen LogP contribution in [0.15, 0.2) is 54.6 Å². The molecule has 4 rings (SSSR count). The minimum atomic E-state index is -0.752. The van der Waals surface area contributed by atoms with E-state index in [4.69, 9.17) is 16.3 Å². The molecule has 0 heterocycles. The first-order valence-corrected chi connectivity index (χ1v) is 7.59. The molecule has 0 saturated carbocycles. The first kappa shape index (κ1) is 13.4. The van der Waals surface area contributed by atoms with E-state index in [1.807, 2.05) is 0 Å². The van der Waals surface area contributed by atoms with E-state index in [1.165, 1.54) is 37.9 Å². The smallest absolute Gasteiger partial charge is 0.403 e. The molecule has 2 nitrogen and oxygen atoms in total. The standard InChI is InChI=1S/C19H13ClO2/c20-19(21)22-11-10-12-4-5-15-7-6-13-2-1-3-14-8-9-16(12)18(15)17(13)14/h1-9H,10-11H2. The van der Waals surface area contributed by atoms with Crippen molar-refractivity contribution < 1.29 is 9.53 Å². The number of carbonyl (C=O) groups is 1. The summed E-state index contributed by atoms with van der Waals surface area (Å²) in [5.41, 5.74) is 0.418. The summed E-state index contributed by atoms with van der Waals surface area (Å²) in [6.45, 7) is 0.298. The number of hydrogen-bond acceptors (Lipinski definition) is 2. The van der Waals surface area contributed by atoms with Crippen LogP contribution in [0.25, 0.3) is 32.3 Å². The number of hydrogen-bond donors (Lipinski definition) is 0. The Hall–Kier alpha value is -2.32. The van der Waals surface area contributed by atoms with Crippen LogP contribution in [-0.2, 0) is 11.2 Å². The Morgan fingerprint density at radius 2 is 1.50 bits per heavy atom. The van der Waals surface area contributed by atoms with Gasteiger partial charge in [0.25, 0.3) is 0 Å². The second-order valence-corrected chi connectivity index (χ2v) is 5.73. The van der Waals surface area contributed by atoms with E-state index >= 15 is 0 Å². The number of halogens is 1. The van der Waals surface area contributed by atoms with Crippen LogP contribution in [0.4, 0.5) is 4.79 Å². The maximum absolute atomic E-state index is 10.7. The van der Waals surface area contributed by atoms with Crippen molar-refractivity contribution in [3.63, 3.8) is 0 Å². The minimum absolute atomic E-state index is 0.298. The normalized spacial score (nSPS) is 11.5. The van der Waals surface area contributed by atoms with Gasteiger partial charge >= 0.3 is 5.43 Å². The fourth-order valence-electron chi connectivity index (χ4n) is 3.25. The molecule has 0 unspecified atom stereocenters. The van der Waals surface area contributed by atoms with E-state index < -0.39 is 5.43 Å². The first-order valence-electron chi connectivity index (χ1n) is 7.22. The fraction of sp³-hybridized carbons (Fsp3) is 0.105. The molecular weight excluding hydrogens is 296 g/mol. The van der Waals surface area contributed by atoms with Gasteiger partial charge < -0.3 is 4.74 Å². The predicted octanol–water partition coefficient (Wildman–Crippen LogP) is 5.50. The van der Waals surface area contributed by atoms with Gasteiger partial charge in [0.15, 0.2) is 0 Å². The summed E-state index contributed by atoms with van der Waals surface area (Å²) in [5.74, 6) is 0. The molecule has 0 atom stereocenters. The third-order valence-electron chi connectivity index (χ3n) is 4.21. The van der Waals surface area contributed by atoms with Gasteiger partial charge in [0.2, 0.25) is 0 Å². The summed E-state index contributed by atoms with van der Waals surface area (Å²) in [4.78, 5) is 10.7. The summed E-state index contributed by atoms with van der Waals surface area (Å²) < 4.78 is 4.86. The molecule has 0 aromatic heterocycles. The topological polar surface area (TPSA) is 26.3 Å². The molecule has 0 aliphatic rings. The third-order valence-corrected chi connectivity index (χ3v) is 4.32. The highest BCUT2D eigenvalue weighted by Gasteiger charge is 2.10. The Bertz CT molecular complexity index is 975. The van der Waals surface area contributed by atoms with Crippen molar-refractivity contribution in [1.29, 1.82) is 0 Å². The van der Waals surface area contributed by atoms with Crippen molar-refractivity contribution in [3.05, 3.63) is 60.2 Å². The molecule has 4 aromatic rings. The molecule has 108 valence electrons. The van der Waals surface area contributed by atoms with Crippen LogP contribution >= 0.6 is 11.6 Å². The highest BCUT2D eigenvalue weighted by molar-refractivity contribution is 6.61. The average molecular weight is 309 g/mol. The van der Waals surface area contributed by atoms with Crippen molar-refractivity contribution >= 4 is 49.3 Å². The van der Waals surface area contributed by atoms with Gasteiger partial charge in [-0.2, -0.15) is 0 Å². The largest absolute Gasteiger partial charge is 0.453 e. The van der Waals surface area contributed by atoms with Crippen LogP contribution < -0.4 is 0 Å². The van der Waals surface area contributed by atoms with Crippen molar-refractivity contribution in [2.24, 2.45) is 0 Å². The first-order chi connectivity index (χ1) is 10.7. The molecule has 0 aliphatic carbocycles. The zero-order valence-electron chi connectivity index (χ0n) is 11.8. The van der Waals surface area contributed by atoms with Gasteiger partial charge in [-0.05, 0) is 37.9 Å². The van der Waals surface area contributed by atoms with E-state index in [1.54, 1.807) is 0 Å². The summed E-state index contributed by atoms with van der Waals surface area (Å²) in [5, 5.41) is 7.53. The molecule has 0 radical (unpaired) electrons. The molecule has 0 amide bonds. The second kappa shape index (κ2) is 5.15. The molecule has 0 spiro atoms. The van der Waals surface area contributed by atoms with Gasteiger partial charge in [-0.3, -0.25) is 0 Å². The monoisotopic (exact) mass is 308 g/mol. The summed E-state index contributed by atoms with van der Waals surface area (Å²) in [7, 11) is 0. The van der Waals surface area contributed by atoms with Gasteiger partial charge in [0, 0.05) is 18.0 Å². The van der Waals surface area contributed by atoms with Crippen LogP contribution in [0.5, 0.6) is 0 Å². The number of benzene rings is 4. The maximum atomic E-state index is 10.7. The van der Waals surface area contributed by atoms with Crippen molar-refractivity contribution in [2.75, 3.05) is 6.61 Å². The number of rotatable bonds is 3. The van der Waals surface area contributed by atoms with Crippen molar-refractivity contribution in [2.45, 2.75) is 6.42 Å². The lowest BCUT2D eigenvalue weighted by molar-refractivity contribution is 0.175. The van der Waals surface area contributed by atoms with Gasteiger partial charge in [-0.25, -0.2) is 4.79 Å². The molecule has 0 bridgehead atoms. The zero-order chi connectivity index (χ0) is 15.1. The van der Waals surface area contributed by atoms with E-state index in [0.717, 1.165) is 0 Å². The Kier molecular flexibility index (Phi) is 3.12. The molecular formula is C19H13ClO2. The molecule has 0 aliphatic heterocycles. The highest BCUT2D eigenvalue weighted by atomic mass is 35.5. The van der Waals surface area contributed by atoms with Gasteiger partial charge in [-0.1, -0.05) is 54.6 Å². The van der Waals surface area contributed by atoms with E-state index in [2.05, 4.69) is 54.6 Å². The molecule has 0 saturated heterocycles. The van der Waals surface area contributed by atoms with Gasteiger partial charge in [0.1, 0.15) is 0 Å². The van der Waals surface area contributed by atoms with Gasteiger partial charge in [0.05, 0.1) is 6.61 Å². The van der Waals surface area contributed by atoms with Crippen LogP contribution in [0.2, 0.25) is 0 Å². The minimum Gasteiger partial charge on any atom is -0.453 e. The maximum Gasteiger partial charge on any atom is 0.403 e. The zero-order valence-corrected chi connectivity index (χ0v) is 12.6. The SMILES string of the molecule is O=C(Cl)OCCc1ccc2ccc3cccc4ccc1c2c34. The van der Waals surface area contributed by atoms with E-state index in [9.17, 15) is 4.79 Å². The van der Waals surface area contributed by atoms with Crippen molar-refractivity contribution in [1.82, 2.24) is 0 Å². The molecule has 0 fully saturated rings. The Labute approximate surface area is 132 Å². The van der Waals surface area contributed by atoms with Crippen LogP contribution in [-0.4, -0.2) is 12.0 Å². The fourth-order valence-corrected chi connectivity index (χ4v) is 3.33. The lowest BCUT2D eigenvalue weighted by Gasteiger charge is -2.13. The van der Waals surface area contributed by atoms with E-state index in [0.29, 0.717) is 13.0 Å². The van der Waals surface area contributed by atoms with Crippen molar-refractivity contribution in [3.8, 4) is 0 Å². The van der Waals surface area contributed by atoms with Crippen LogP contribution in [0.1, 0.15) is 5.56 Å². The summed E-state index contributed by atoms with van der Waals surface area (Å²) in [6.07, 6.45) is 0.659. The Morgan fingerprint density at radius 3 is 2.23 bits per heavy atom. The summed E-state index contributed by atoms with van der Waals surface area (Å²) >= 11 is 5.23. The molecule has 3 heteroatoms. The lowest BCUT2D eigenvalue weighted by Crippen LogP contribution is -2.01. The number of ether oxygens (including phenoxy) is 1. The number of carbonyl (C=O) groups excluding carboxylic acids is 1.